The Kier molecular flexibility index (Phi) is 7.24. The number of nitrogens with zero attached hydrogens (tertiary/aromatic N) is 4. The molecule has 1 saturated heterocycles. The molecule has 30 heavy (non-hydrogen) atoms. The van der Waals surface area contributed by atoms with Crippen molar-refractivity contribution >= 4 is 22.6 Å². The van der Waals surface area contributed by atoms with Crippen LogP contribution in [0.2, 0.25) is 0 Å². The second kappa shape index (κ2) is 10.3. The number of nitrogens with one attached hydrogen (secondary N) is 1. The highest BCUT2D eigenvalue weighted by Gasteiger charge is 2.33. The lowest BCUT2D eigenvalue weighted by Gasteiger charge is -2.42. The van der Waals surface area contributed by atoms with Gasteiger partial charge in [-0.2, -0.15) is 0 Å². The molecule has 1 fully saturated rings. The molecule has 1 N–H and O–H groups in total. The predicted octanol–water partition coefficient (Wildman–Crippen LogP) is 3.98. The predicted molar refractivity (Wildman–Crippen MR) is 125 cm³/mol. The molecule has 3 heterocycles. The molecule has 0 bridgehead atoms. The average Bonchev–Trinajstić information content (AvgIpc) is 2.79. The molecule has 0 spiro atoms. The topological polar surface area (TPSA) is 63.2 Å². The summed E-state index contributed by atoms with van der Waals surface area (Å²) < 4.78 is 6.58. The second-order valence-corrected chi connectivity index (χ2v) is 8.69. The lowest BCUT2D eigenvalue weighted by molar-refractivity contribution is 0.100. The highest BCUT2D eigenvalue weighted by atomic mass is 127. The van der Waals surface area contributed by atoms with Crippen molar-refractivity contribution in [1.29, 1.82) is 0 Å². The molecule has 6 nitrogen and oxygen atoms in total. The lowest BCUT2D eigenvalue weighted by Crippen LogP contribution is -2.48. The molecule has 0 amide bonds. The number of ether oxygens (including phenoxy) is 1. The van der Waals surface area contributed by atoms with E-state index in [2.05, 4.69) is 84.2 Å². The highest BCUT2D eigenvalue weighted by Crippen LogP contribution is 2.32. The zero-order chi connectivity index (χ0) is 20.8. The van der Waals surface area contributed by atoms with Crippen LogP contribution in [0.3, 0.4) is 0 Å². The third kappa shape index (κ3) is 5.14. The summed E-state index contributed by atoms with van der Waals surface area (Å²) in [6, 6.07) is 15.3. The van der Waals surface area contributed by atoms with E-state index in [0.717, 1.165) is 47.4 Å². The molecule has 1 aliphatic heterocycles. The first-order valence-electron chi connectivity index (χ1n) is 10.2. The van der Waals surface area contributed by atoms with Gasteiger partial charge in [-0.3, -0.25) is 4.90 Å². The maximum absolute atomic E-state index is 5.47. The van der Waals surface area contributed by atoms with Crippen molar-refractivity contribution in [1.82, 2.24) is 25.2 Å². The van der Waals surface area contributed by atoms with E-state index in [1.807, 2.05) is 24.7 Å². The normalized spacial score (nSPS) is 19.5. The molecule has 4 rings (SSSR count). The van der Waals surface area contributed by atoms with E-state index in [4.69, 9.17) is 4.74 Å². The number of methoxy groups -OCH3 is 1. The van der Waals surface area contributed by atoms with Crippen LogP contribution < -0.4 is 10.1 Å². The Morgan fingerprint density at radius 1 is 1.13 bits per heavy atom. The first-order chi connectivity index (χ1) is 14.7. The van der Waals surface area contributed by atoms with Crippen molar-refractivity contribution in [3.8, 4) is 5.88 Å². The largest absolute Gasteiger partial charge is 0.481 e. The van der Waals surface area contributed by atoms with Crippen LogP contribution in [0.25, 0.3) is 0 Å². The van der Waals surface area contributed by atoms with Crippen LogP contribution in [-0.4, -0.2) is 39.5 Å². The van der Waals surface area contributed by atoms with Gasteiger partial charge in [0.15, 0.2) is 0 Å². The van der Waals surface area contributed by atoms with Gasteiger partial charge in [0.25, 0.3) is 0 Å². The number of hydrogen-bond acceptors (Lipinski definition) is 6. The minimum absolute atomic E-state index is 0.255. The Balaban J connectivity index is 1.56. The first-order valence-corrected chi connectivity index (χ1v) is 11.3. The number of rotatable bonds is 7. The zero-order valence-corrected chi connectivity index (χ0v) is 19.2. The molecule has 2 unspecified atom stereocenters. The molecular weight excluding hydrogens is 489 g/mol. The number of piperidine rings is 1. The van der Waals surface area contributed by atoms with Crippen LogP contribution in [0.4, 0.5) is 0 Å². The van der Waals surface area contributed by atoms with E-state index in [1.165, 1.54) is 5.56 Å². The summed E-state index contributed by atoms with van der Waals surface area (Å²) in [6.45, 7) is 2.49. The average molecular weight is 515 g/mol. The van der Waals surface area contributed by atoms with Gasteiger partial charge in [-0.05, 0) is 59.7 Å². The summed E-state index contributed by atoms with van der Waals surface area (Å²) >= 11 is 2.29. The fourth-order valence-corrected chi connectivity index (χ4v) is 4.68. The fourth-order valence-electron chi connectivity index (χ4n) is 4.16. The number of benzene rings is 1. The molecule has 0 saturated carbocycles. The SMILES string of the molecule is COc1ncc(I)cc1CNC1CCCN(Cc2ncccn2)C1c1ccccc1. The van der Waals surface area contributed by atoms with Crippen LogP contribution >= 0.6 is 22.6 Å². The van der Waals surface area contributed by atoms with Crippen molar-refractivity contribution < 1.29 is 4.74 Å². The first kappa shape index (κ1) is 21.1. The van der Waals surface area contributed by atoms with Gasteiger partial charge in [0.2, 0.25) is 5.88 Å². The zero-order valence-electron chi connectivity index (χ0n) is 17.0. The molecule has 0 radical (unpaired) electrons. The molecule has 1 aromatic carbocycles. The molecule has 0 aliphatic carbocycles. The summed E-state index contributed by atoms with van der Waals surface area (Å²) in [5, 5.41) is 3.80. The molecule has 3 aromatic rings. The molecular formula is C23H26IN5O. The van der Waals surface area contributed by atoms with Crippen molar-refractivity contribution in [2.24, 2.45) is 0 Å². The van der Waals surface area contributed by atoms with E-state index in [9.17, 15) is 0 Å². The van der Waals surface area contributed by atoms with E-state index in [0.29, 0.717) is 11.9 Å². The third-order valence-corrected chi connectivity index (χ3v) is 6.07. The summed E-state index contributed by atoms with van der Waals surface area (Å²) in [5.41, 5.74) is 2.40. The van der Waals surface area contributed by atoms with Crippen molar-refractivity contribution in [3.63, 3.8) is 0 Å². The van der Waals surface area contributed by atoms with Gasteiger partial charge >= 0.3 is 0 Å². The van der Waals surface area contributed by atoms with Crippen LogP contribution in [0.15, 0.2) is 61.1 Å². The van der Waals surface area contributed by atoms with Crippen molar-refractivity contribution in [3.05, 3.63) is 81.6 Å². The third-order valence-electron chi connectivity index (χ3n) is 5.48. The van der Waals surface area contributed by atoms with E-state index in [1.54, 1.807) is 7.11 Å². The van der Waals surface area contributed by atoms with Gasteiger partial charge in [-0.15, -0.1) is 0 Å². The number of hydrogen-bond donors (Lipinski definition) is 1. The van der Waals surface area contributed by atoms with Crippen LogP contribution in [0, 0.1) is 3.57 Å². The Hall–Kier alpha value is -2.10. The Morgan fingerprint density at radius 3 is 2.70 bits per heavy atom. The van der Waals surface area contributed by atoms with Gasteiger partial charge < -0.3 is 10.1 Å². The van der Waals surface area contributed by atoms with Crippen molar-refractivity contribution in [2.75, 3.05) is 13.7 Å². The van der Waals surface area contributed by atoms with Crippen molar-refractivity contribution in [2.45, 2.75) is 38.0 Å². The minimum Gasteiger partial charge on any atom is -0.481 e. The maximum Gasteiger partial charge on any atom is 0.217 e. The summed E-state index contributed by atoms with van der Waals surface area (Å²) in [4.78, 5) is 15.8. The number of pyridine rings is 1. The van der Waals surface area contributed by atoms with Crippen LogP contribution in [0.1, 0.15) is 35.8 Å². The highest BCUT2D eigenvalue weighted by molar-refractivity contribution is 14.1. The van der Waals surface area contributed by atoms with E-state index >= 15 is 0 Å². The molecule has 156 valence electrons. The maximum atomic E-state index is 5.47. The second-order valence-electron chi connectivity index (χ2n) is 7.44. The van der Waals surface area contributed by atoms with Gasteiger partial charge in [0.1, 0.15) is 5.82 Å². The number of halogens is 1. The van der Waals surface area contributed by atoms with Gasteiger partial charge in [-0.1, -0.05) is 30.3 Å². The Morgan fingerprint density at radius 2 is 1.93 bits per heavy atom. The number of likely N-dealkylation sites (tertiary alicyclic amines) is 1. The van der Waals surface area contributed by atoms with Crippen LogP contribution in [0.5, 0.6) is 5.88 Å². The van der Waals surface area contributed by atoms with E-state index in [-0.39, 0.29) is 6.04 Å². The van der Waals surface area contributed by atoms with Gasteiger partial charge in [-0.25, -0.2) is 15.0 Å². The lowest BCUT2D eigenvalue weighted by atomic mass is 9.90. The monoisotopic (exact) mass is 515 g/mol. The smallest absolute Gasteiger partial charge is 0.217 e. The quantitative estimate of drug-likeness (QED) is 0.481. The Bertz CT molecular complexity index is 941. The molecule has 7 heteroatoms. The standard InChI is InChI=1S/C23H26IN5O/c1-30-23-18(13-19(24)15-28-23)14-27-20-9-5-12-29(16-21-25-10-6-11-26-21)22(20)17-7-3-2-4-8-17/h2-4,6-8,10-11,13,15,20,22,27H,5,9,12,14,16H2,1H3. The van der Waals surface area contributed by atoms with Gasteiger partial charge in [0.05, 0.1) is 19.7 Å². The Labute approximate surface area is 191 Å². The summed E-state index contributed by atoms with van der Waals surface area (Å²) in [5.74, 6) is 1.55. The van der Waals surface area contributed by atoms with E-state index < -0.39 is 0 Å². The minimum atomic E-state index is 0.255. The number of aromatic nitrogens is 3. The summed E-state index contributed by atoms with van der Waals surface area (Å²) in [6.07, 6.45) is 7.71. The van der Waals surface area contributed by atoms with Gasteiger partial charge in [0, 0.05) is 40.3 Å². The molecule has 1 aliphatic rings. The molecule has 2 atom stereocenters. The fraction of sp³-hybridized carbons (Fsp3) is 0.348. The van der Waals surface area contributed by atoms with Crippen LogP contribution in [-0.2, 0) is 13.1 Å². The summed E-state index contributed by atoms with van der Waals surface area (Å²) in [7, 11) is 1.67. The molecule has 2 aromatic heterocycles.